The van der Waals surface area contributed by atoms with Gasteiger partial charge in [0.2, 0.25) is 0 Å². The second-order valence-corrected chi connectivity index (χ2v) is 3.34. The molecule has 0 saturated carbocycles. The highest BCUT2D eigenvalue weighted by molar-refractivity contribution is 5.75. The van der Waals surface area contributed by atoms with Crippen molar-refractivity contribution in [2.45, 2.75) is 12.6 Å². The van der Waals surface area contributed by atoms with Gasteiger partial charge < -0.3 is 14.9 Å². The van der Waals surface area contributed by atoms with Crippen molar-refractivity contribution in [2.75, 3.05) is 13.2 Å². The molecule has 3 heterocycles. The number of aromatic nitrogens is 2. The molecule has 0 aromatic carbocycles. The Morgan fingerprint density at radius 1 is 1.64 bits per heavy atom. The minimum atomic E-state index is -0.0834. The number of nitrogens with two attached hydrogens (primary N) is 1. The first kappa shape index (κ1) is 8.02. The van der Waals surface area contributed by atoms with Gasteiger partial charge >= 0.3 is 0 Å². The standard InChI is InChI=1S/C9H11N3O2/c10-5-7-8-9-6(1-3-14-9)11-12(8)2-4-13-7/h1,3,7H,2,4-5,10H2/t7-/m1/s1. The molecule has 1 aliphatic rings. The maximum Gasteiger partial charge on any atom is 0.177 e. The van der Waals surface area contributed by atoms with Crippen LogP contribution in [-0.2, 0) is 11.3 Å². The number of hydrogen-bond acceptors (Lipinski definition) is 4. The van der Waals surface area contributed by atoms with Gasteiger partial charge in [0.05, 0.1) is 19.4 Å². The van der Waals surface area contributed by atoms with Crippen LogP contribution in [0.3, 0.4) is 0 Å². The summed E-state index contributed by atoms with van der Waals surface area (Å²) < 4.78 is 12.8. The molecule has 0 bridgehead atoms. The fourth-order valence-electron chi connectivity index (χ4n) is 1.90. The molecule has 0 amide bonds. The van der Waals surface area contributed by atoms with Crippen LogP contribution in [0.4, 0.5) is 0 Å². The molecule has 2 aromatic heterocycles. The first-order chi connectivity index (χ1) is 6.90. The first-order valence-corrected chi connectivity index (χ1v) is 4.65. The number of rotatable bonds is 1. The van der Waals surface area contributed by atoms with Gasteiger partial charge in [0.1, 0.15) is 17.3 Å². The molecule has 2 N–H and O–H groups in total. The predicted octanol–water partition coefficient (Wildman–Crippen LogP) is 0.659. The van der Waals surface area contributed by atoms with E-state index in [2.05, 4.69) is 5.10 Å². The lowest BCUT2D eigenvalue weighted by Gasteiger charge is -2.22. The Labute approximate surface area is 80.4 Å². The summed E-state index contributed by atoms with van der Waals surface area (Å²) in [5.74, 6) is 0. The Morgan fingerprint density at radius 3 is 3.43 bits per heavy atom. The normalized spacial score (nSPS) is 21.4. The minimum Gasteiger partial charge on any atom is -0.461 e. The molecule has 3 rings (SSSR count). The highest BCUT2D eigenvalue weighted by Gasteiger charge is 2.26. The number of fused-ring (bicyclic) bond motifs is 3. The smallest absolute Gasteiger partial charge is 0.177 e. The second-order valence-electron chi connectivity index (χ2n) is 3.34. The molecule has 2 aromatic rings. The second kappa shape index (κ2) is 2.83. The van der Waals surface area contributed by atoms with E-state index in [1.807, 2.05) is 10.7 Å². The summed E-state index contributed by atoms with van der Waals surface area (Å²) in [5.41, 5.74) is 8.28. The Hall–Kier alpha value is -1.33. The maximum absolute atomic E-state index is 5.63. The van der Waals surface area contributed by atoms with Crippen molar-refractivity contribution in [2.24, 2.45) is 5.73 Å². The van der Waals surface area contributed by atoms with E-state index in [0.29, 0.717) is 13.2 Å². The number of nitrogens with zero attached hydrogens (tertiary/aromatic N) is 2. The lowest BCUT2D eigenvalue weighted by atomic mass is 10.2. The molecule has 0 fully saturated rings. The summed E-state index contributed by atoms with van der Waals surface area (Å²) in [6.07, 6.45) is 1.56. The third-order valence-corrected chi connectivity index (χ3v) is 2.52. The van der Waals surface area contributed by atoms with Gasteiger partial charge in [-0.25, -0.2) is 0 Å². The van der Waals surface area contributed by atoms with Crippen LogP contribution in [0.5, 0.6) is 0 Å². The van der Waals surface area contributed by atoms with Crippen LogP contribution >= 0.6 is 0 Å². The van der Waals surface area contributed by atoms with E-state index < -0.39 is 0 Å². The fraction of sp³-hybridized carbons (Fsp3) is 0.444. The van der Waals surface area contributed by atoms with Crippen LogP contribution in [0.1, 0.15) is 11.8 Å². The monoisotopic (exact) mass is 193 g/mol. The fourth-order valence-corrected chi connectivity index (χ4v) is 1.90. The highest BCUT2D eigenvalue weighted by atomic mass is 16.5. The van der Waals surface area contributed by atoms with Crippen molar-refractivity contribution in [3.8, 4) is 0 Å². The predicted molar refractivity (Wildman–Crippen MR) is 49.7 cm³/mol. The topological polar surface area (TPSA) is 66.2 Å². The van der Waals surface area contributed by atoms with E-state index >= 15 is 0 Å². The summed E-state index contributed by atoms with van der Waals surface area (Å²) in [5, 5.41) is 4.40. The molecule has 5 heteroatoms. The molecule has 5 nitrogen and oxygen atoms in total. The quantitative estimate of drug-likeness (QED) is 0.722. The summed E-state index contributed by atoms with van der Waals surface area (Å²) in [4.78, 5) is 0. The summed E-state index contributed by atoms with van der Waals surface area (Å²) >= 11 is 0. The van der Waals surface area contributed by atoms with Gasteiger partial charge in [0.25, 0.3) is 0 Å². The Morgan fingerprint density at radius 2 is 2.57 bits per heavy atom. The molecule has 1 atom stereocenters. The van der Waals surface area contributed by atoms with Gasteiger partial charge in [-0.2, -0.15) is 5.10 Å². The van der Waals surface area contributed by atoms with Gasteiger partial charge in [-0.1, -0.05) is 0 Å². The SMILES string of the molecule is NC[C@H]1OCCn2nc3ccoc3c21. The van der Waals surface area contributed by atoms with Crippen molar-refractivity contribution in [3.05, 3.63) is 18.0 Å². The van der Waals surface area contributed by atoms with Crippen LogP contribution < -0.4 is 5.73 Å². The number of furan rings is 1. The zero-order valence-corrected chi connectivity index (χ0v) is 7.64. The molecule has 14 heavy (non-hydrogen) atoms. The van der Waals surface area contributed by atoms with Crippen LogP contribution in [0, 0.1) is 0 Å². The van der Waals surface area contributed by atoms with Crippen molar-refractivity contribution < 1.29 is 9.15 Å². The lowest BCUT2D eigenvalue weighted by molar-refractivity contribution is 0.0229. The molecule has 1 aliphatic heterocycles. The van der Waals surface area contributed by atoms with Crippen molar-refractivity contribution in [3.63, 3.8) is 0 Å². The molecule has 0 aliphatic carbocycles. The third kappa shape index (κ3) is 0.935. The molecule has 0 saturated heterocycles. The molecule has 0 unspecified atom stereocenters. The molecule has 0 radical (unpaired) electrons. The lowest BCUT2D eigenvalue weighted by Crippen LogP contribution is -2.27. The molecular weight excluding hydrogens is 182 g/mol. The average Bonchev–Trinajstić information content (AvgIpc) is 2.75. The van der Waals surface area contributed by atoms with Gasteiger partial charge in [0, 0.05) is 12.6 Å². The molecule has 0 spiro atoms. The van der Waals surface area contributed by atoms with Gasteiger partial charge in [-0.05, 0) is 0 Å². The number of hydrogen-bond donors (Lipinski definition) is 1. The Kier molecular flexibility index (Phi) is 1.62. The first-order valence-electron chi connectivity index (χ1n) is 4.65. The summed E-state index contributed by atoms with van der Waals surface area (Å²) in [6, 6.07) is 1.86. The molecule has 74 valence electrons. The van der Waals surface area contributed by atoms with E-state index in [1.165, 1.54) is 0 Å². The van der Waals surface area contributed by atoms with Crippen molar-refractivity contribution in [1.29, 1.82) is 0 Å². The highest BCUT2D eigenvalue weighted by Crippen LogP contribution is 2.29. The van der Waals surface area contributed by atoms with Crippen molar-refractivity contribution >= 4 is 11.1 Å². The van der Waals surface area contributed by atoms with E-state index in [-0.39, 0.29) is 6.10 Å². The van der Waals surface area contributed by atoms with Crippen LogP contribution in [0.25, 0.3) is 11.1 Å². The van der Waals surface area contributed by atoms with Crippen LogP contribution in [-0.4, -0.2) is 22.9 Å². The zero-order valence-electron chi connectivity index (χ0n) is 7.64. The Bertz CT molecular complexity index is 460. The largest absolute Gasteiger partial charge is 0.461 e. The van der Waals surface area contributed by atoms with Crippen LogP contribution in [0.15, 0.2) is 16.7 Å². The van der Waals surface area contributed by atoms with Gasteiger partial charge in [0.15, 0.2) is 5.58 Å². The Balaban J connectivity index is 2.24. The van der Waals surface area contributed by atoms with Crippen LogP contribution in [0.2, 0.25) is 0 Å². The average molecular weight is 193 g/mol. The van der Waals surface area contributed by atoms with E-state index in [1.54, 1.807) is 6.26 Å². The number of ether oxygens (including phenoxy) is 1. The minimum absolute atomic E-state index is 0.0834. The third-order valence-electron chi connectivity index (χ3n) is 2.52. The summed E-state index contributed by atoms with van der Waals surface area (Å²) in [6.45, 7) is 1.90. The van der Waals surface area contributed by atoms with Gasteiger partial charge in [-0.15, -0.1) is 0 Å². The van der Waals surface area contributed by atoms with E-state index in [4.69, 9.17) is 14.9 Å². The van der Waals surface area contributed by atoms with E-state index in [0.717, 1.165) is 23.3 Å². The van der Waals surface area contributed by atoms with E-state index in [9.17, 15) is 0 Å². The maximum atomic E-state index is 5.63. The summed E-state index contributed by atoms with van der Waals surface area (Å²) in [7, 11) is 0. The van der Waals surface area contributed by atoms with Crippen molar-refractivity contribution in [1.82, 2.24) is 9.78 Å². The van der Waals surface area contributed by atoms with Gasteiger partial charge in [-0.3, -0.25) is 4.68 Å². The zero-order chi connectivity index (χ0) is 9.54. The molecular formula is C9H11N3O2.